The van der Waals surface area contributed by atoms with E-state index in [2.05, 4.69) is 20.9 Å². The summed E-state index contributed by atoms with van der Waals surface area (Å²) in [7, 11) is 3.18. The lowest BCUT2D eigenvalue weighted by Gasteiger charge is -2.37. The summed E-state index contributed by atoms with van der Waals surface area (Å²) < 4.78 is 28.6. The minimum atomic E-state index is -0.920. The molecule has 3 rings (SSSR count). The summed E-state index contributed by atoms with van der Waals surface area (Å²) in [5.74, 6) is -1.23. The number of nitrogens with one attached hydrogen (secondary N) is 2. The highest BCUT2D eigenvalue weighted by Gasteiger charge is 2.49. The number of hydrogen-bond acceptors (Lipinski definition) is 5. The number of guanidine groups is 1. The fourth-order valence-corrected chi connectivity index (χ4v) is 5.04. The molecule has 2 aromatic carbocycles. The van der Waals surface area contributed by atoms with Crippen molar-refractivity contribution >= 4 is 28.7 Å². The summed E-state index contributed by atoms with van der Waals surface area (Å²) >= 11 is 1.27. The monoisotopic (exact) mass is 489 g/mol. The Kier molecular flexibility index (Phi) is 8.49. The van der Waals surface area contributed by atoms with Gasteiger partial charge in [0.25, 0.3) is 0 Å². The van der Waals surface area contributed by atoms with E-state index < -0.39 is 16.5 Å². The third kappa shape index (κ3) is 5.49. The standard InChI is InChI=1S/C24H29F2N5O2S/c1-16(2)22(32)31-24(17-9-6-5-7-10-17,13-8-14-28-23(27-3)30-33-4)34-21(29-31)19-15-18(25)11-12-20(19)26/h5-7,9-12,15-16H,8,13-14H2,1-4H3,(H2,27,28,30). The van der Waals surface area contributed by atoms with Crippen LogP contribution in [0.2, 0.25) is 0 Å². The van der Waals surface area contributed by atoms with Gasteiger partial charge in [-0.1, -0.05) is 55.9 Å². The fourth-order valence-electron chi connectivity index (χ4n) is 3.61. The molecule has 0 aliphatic carbocycles. The third-order valence-electron chi connectivity index (χ3n) is 5.29. The van der Waals surface area contributed by atoms with Crippen LogP contribution in [0.3, 0.4) is 0 Å². The van der Waals surface area contributed by atoms with Crippen molar-refractivity contribution in [3.05, 3.63) is 71.3 Å². The zero-order chi connectivity index (χ0) is 24.7. The number of carbonyl (C=O) groups excluding carboxylic acids is 1. The minimum Gasteiger partial charge on any atom is -0.396 e. The van der Waals surface area contributed by atoms with Crippen molar-refractivity contribution in [2.24, 2.45) is 16.2 Å². The van der Waals surface area contributed by atoms with E-state index in [9.17, 15) is 13.6 Å². The highest BCUT2D eigenvalue weighted by atomic mass is 32.2. The molecular formula is C24H29F2N5O2S. The van der Waals surface area contributed by atoms with Gasteiger partial charge < -0.3 is 15.5 Å². The Hall–Kier alpha value is -3.14. The number of carbonyl (C=O) groups is 1. The molecule has 0 spiro atoms. The second-order valence-corrected chi connectivity index (χ2v) is 9.26. The number of nitrogens with zero attached hydrogens (tertiary/aromatic N) is 3. The van der Waals surface area contributed by atoms with Gasteiger partial charge in [0.15, 0.2) is 0 Å². The first-order valence-corrected chi connectivity index (χ1v) is 11.8. The van der Waals surface area contributed by atoms with Gasteiger partial charge >= 0.3 is 0 Å². The van der Waals surface area contributed by atoms with E-state index in [0.717, 1.165) is 23.8 Å². The van der Waals surface area contributed by atoms with Gasteiger partial charge in [-0.2, -0.15) is 5.10 Å². The average molecular weight is 490 g/mol. The lowest BCUT2D eigenvalue weighted by Crippen LogP contribution is -2.44. The van der Waals surface area contributed by atoms with Crippen LogP contribution in [-0.2, 0) is 14.5 Å². The molecule has 10 heteroatoms. The SMILES string of the molecule is CN/C(=N/OC)NCCCC1(c2ccccc2)SC(c2cc(F)ccc2F)=NN1C(=O)C(C)C. The quantitative estimate of drug-likeness (QED) is 0.251. The minimum absolute atomic E-state index is 0.0344. The second kappa shape index (κ2) is 11.3. The summed E-state index contributed by atoms with van der Waals surface area (Å²) in [5.41, 5.74) is 0.885. The molecule has 0 radical (unpaired) electrons. The Bertz CT molecular complexity index is 1060. The smallest absolute Gasteiger partial charge is 0.246 e. The predicted molar refractivity (Wildman–Crippen MR) is 131 cm³/mol. The van der Waals surface area contributed by atoms with Crippen molar-refractivity contribution < 1.29 is 18.4 Å². The van der Waals surface area contributed by atoms with Crippen LogP contribution < -0.4 is 10.6 Å². The Morgan fingerprint density at radius 1 is 1.24 bits per heavy atom. The largest absolute Gasteiger partial charge is 0.396 e. The predicted octanol–water partition coefficient (Wildman–Crippen LogP) is 4.22. The van der Waals surface area contributed by atoms with E-state index in [1.807, 2.05) is 30.3 Å². The van der Waals surface area contributed by atoms with Crippen LogP contribution in [0.5, 0.6) is 0 Å². The van der Waals surface area contributed by atoms with Crippen molar-refractivity contribution in [3.8, 4) is 0 Å². The first kappa shape index (κ1) is 25.5. The Morgan fingerprint density at radius 2 is 1.97 bits per heavy atom. The molecule has 1 amide bonds. The van der Waals surface area contributed by atoms with Gasteiger partial charge in [0.1, 0.15) is 28.7 Å². The lowest BCUT2D eigenvalue weighted by molar-refractivity contribution is -0.138. The molecule has 0 aromatic heterocycles. The zero-order valence-corrected chi connectivity index (χ0v) is 20.5. The van der Waals surface area contributed by atoms with Crippen LogP contribution >= 0.6 is 11.8 Å². The van der Waals surface area contributed by atoms with Gasteiger partial charge in [0.2, 0.25) is 11.9 Å². The van der Waals surface area contributed by atoms with Gasteiger partial charge in [-0.3, -0.25) is 4.79 Å². The summed E-state index contributed by atoms with van der Waals surface area (Å²) in [4.78, 5) is 17.2. The Labute approximate surface area is 202 Å². The molecule has 2 N–H and O–H groups in total. The lowest BCUT2D eigenvalue weighted by atomic mass is 9.99. The van der Waals surface area contributed by atoms with Crippen molar-refractivity contribution in [1.29, 1.82) is 0 Å². The van der Waals surface area contributed by atoms with Gasteiger partial charge in [-0.05, 0) is 41.8 Å². The van der Waals surface area contributed by atoms with E-state index >= 15 is 0 Å². The summed E-state index contributed by atoms with van der Waals surface area (Å²) in [6, 6.07) is 12.8. The van der Waals surface area contributed by atoms with Gasteiger partial charge in [0, 0.05) is 25.1 Å². The van der Waals surface area contributed by atoms with Gasteiger partial charge in [-0.25, -0.2) is 13.8 Å². The van der Waals surface area contributed by atoms with Gasteiger partial charge in [-0.15, -0.1) is 0 Å². The number of benzene rings is 2. The molecule has 1 aliphatic rings. The van der Waals surface area contributed by atoms with E-state index in [4.69, 9.17) is 4.84 Å². The topological polar surface area (TPSA) is 78.3 Å². The highest BCUT2D eigenvalue weighted by molar-refractivity contribution is 8.15. The average Bonchev–Trinajstić information content (AvgIpc) is 3.23. The van der Waals surface area contributed by atoms with E-state index in [-0.39, 0.29) is 22.4 Å². The van der Waals surface area contributed by atoms with Crippen LogP contribution in [0.1, 0.15) is 37.8 Å². The molecule has 0 saturated carbocycles. The third-order valence-corrected chi connectivity index (χ3v) is 6.73. The molecule has 1 atom stereocenters. The van der Waals surface area contributed by atoms with Crippen molar-refractivity contribution in [1.82, 2.24) is 15.6 Å². The number of amides is 1. The highest BCUT2D eigenvalue weighted by Crippen LogP contribution is 2.51. The molecule has 1 heterocycles. The molecule has 182 valence electrons. The summed E-state index contributed by atoms with van der Waals surface area (Å²) in [6.45, 7) is 4.12. The number of hydrogen-bond donors (Lipinski definition) is 2. The maximum absolute atomic E-state index is 14.7. The van der Waals surface area contributed by atoms with Crippen LogP contribution in [-0.4, -0.2) is 42.6 Å². The molecule has 0 fully saturated rings. The van der Waals surface area contributed by atoms with Crippen LogP contribution in [0.15, 0.2) is 58.8 Å². The molecule has 1 unspecified atom stereocenters. The maximum atomic E-state index is 14.7. The zero-order valence-electron chi connectivity index (χ0n) is 19.6. The number of halogens is 2. The molecule has 0 bridgehead atoms. The van der Waals surface area contributed by atoms with Crippen molar-refractivity contribution in [2.45, 2.75) is 31.6 Å². The maximum Gasteiger partial charge on any atom is 0.246 e. The Balaban J connectivity index is 1.99. The summed E-state index contributed by atoms with van der Waals surface area (Å²) in [6.07, 6.45) is 1.13. The molecule has 0 saturated heterocycles. The Morgan fingerprint density at radius 3 is 2.62 bits per heavy atom. The molecule has 34 heavy (non-hydrogen) atoms. The molecular weight excluding hydrogens is 460 g/mol. The fraction of sp³-hybridized carbons (Fsp3) is 0.375. The normalized spacial score (nSPS) is 18.1. The second-order valence-electron chi connectivity index (χ2n) is 7.99. The number of thioether (sulfide) groups is 1. The van der Waals surface area contributed by atoms with Crippen LogP contribution in [0.25, 0.3) is 0 Å². The molecule has 1 aliphatic heterocycles. The summed E-state index contributed by atoms with van der Waals surface area (Å²) in [5, 5.41) is 16.1. The molecule has 2 aromatic rings. The number of rotatable bonds is 8. The van der Waals surface area contributed by atoms with Crippen LogP contribution in [0.4, 0.5) is 8.78 Å². The number of hydrazone groups is 1. The van der Waals surface area contributed by atoms with Crippen LogP contribution in [0, 0.1) is 17.6 Å². The van der Waals surface area contributed by atoms with Crippen molar-refractivity contribution in [3.63, 3.8) is 0 Å². The van der Waals surface area contributed by atoms with Crippen molar-refractivity contribution in [2.75, 3.05) is 20.7 Å². The first-order valence-electron chi connectivity index (χ1n) is 11.0. The van der Waals surface area contributed by atoms with E-state index in [0.29, 0.717) is 25.3 Å². The molecule has 7 nitrogen and oxygen atoms in total. The van der Waals surface area contributed by atoms with E-state index in [1.54, 1.807) is 20.9 Å². The first-order chi connectivity index (χ1) is 16.3. The van der Waals surface area contributed by atoms with E-state index in [1.165, 1.54) is 23.9 Å². The van der Waals surface area contributed by atoms with Gasteiger partial charge in [0.05, 0.1) is 0 Å². The number of oxime groups is 1.